The normalized spacial score (nSPS) is 27.2. The molecule has 6 rings (SSSR count). The van der Waals surface area contributed by atoms with Gasteiger partial charge in [0, 0.05) is 49.0 Å². The largest absolute Gasteiger partial charge is 0.493 e. The van der Waals surface area contributed by atoms with Crippen LogP contribution in [0.2, 0.25) is 0 Å². The number of allylic oxidation sites excluding steroid dienone is 1. The van der Waals surface area contributed by atoms with Crippen LogP contribution in [0, 0.1) is 11.8 Å². The molecule has 3 heterocycles. The lowest BCUT2D eigenvalue weighted by Gasteiger charge is -2.56. The van der Waals surface area contributed by atoms with Gasteiger partial charge < -0.3 is 40.8 Å². The smallest absolute Gasteiger partial charge is 0.415 e. The number of nitrogens with one attached hydrogen (secondary N) is 1. The summed E-state index contributed by atoms with van der Waals surface area (Å²) in [6.07, 6.45) is 6.90. The molecular weight excluding hydrogens is 628 g/mol. The van der Waals surface area contributed by atoms with Gasteiger partial charge in [-0.2, -0.15) is 0 Å². The molecule has 13 heteroatoms. The number of hydrogen-bond donors (Lipinski definition) is 3. The molecule has 2 fully saturated rings. The fourth-order valence-corrected chi connectivity index (χ4v) is 9.04. The fraction of sp³-hybridized carbons (Fsp3) is 0.639. The predicted octanol–water partition coefficient (Wildman–Crippen LogP) is 2.57. The van der Waals surface area contributed by atoms with E-state index in [0.29, 0.717) is 55.8 Å². The Hall–Kier alpha value is -4.13. The minimum absolute atomic E-state index is 0.0378. The molecule has 3 aliphatic heterocycles. The van der Waals surface area contributed by atoms with Crippen LogP contribution < -0.4 is 26.3 Å². The first kappa shape index (κ1) is 34.7. The number of ketones is 2. The molecule has 0 radical (unpaired) electrons. The maximum absolute atomic E-state index is 14.0. The summed E-state index contributed by atoms with van der Waals surface area (Å²) in [4.78, 5) is 59.5. The lowest BCUT2D eigenvalue weighted by Crippen LogP contribution is -2.63. The molecule has 2 amide bonds. The Morgan fingerprint density at radius 3 is 2.76 bits per heavy atom. The molecule has 2 aliphatic carbocycles. The summed E-state index contributed by atoms with van der Waals surface area (Å²) in [5, 5.41) is 2.99. The molecule has 5 N–H and O–H groups in total. The molecule has 13 nitrogen and oxygen atoms in total. The van der Waals surface area contributed by atoms with Crippen LogP contribution in [0.15, 0.2) is 29.0 Å². The highest BCUT2D eigenvalue weighted by Crippen LogP contribution is 2.63. The molecule has 1 aromatic rings. The van der Waals surface area contributed by atoms with Gasteiger partial charge in [-0.05, 0) is 95.5 Å². The number of nitrogens with two attached hydrogens (primary N) is 2. The molecule has 5 aliphatic rings. The monoisotopic (exact) mass is 678 g/mol. The fourth-order valence-electron chi connectivity index (χ4n) is 9.04. The number of methoxy groups -OCH3 is 1. The van der Waals surface area contributed by atoms with E-state index in [4.69, 9.17) is 25.7 Å². The lowest BCUT2D eigenvalue weighted by molar-refractivity contribution is -0.132. The molecular formula is C36H50N6O7. The van der Waals surface area contributed by atoms with E-state index in [2.05, 4.69) is 28.3 Å². The van der Waals surface area contributed by atoms with Crippen molar-refractivity contribution in [1.29, 1.82) is 0 Å². The van der Waals surface area contributed by atoms with Gasteiger partial charge in [-0.1, -0.05) is 6.07 Å². The first-order valence-electron chi connectivity index (χ1n) is 17.6. The number of likely N-dealkylation sites (tertiary alicyclic amines) is 2. The number of aliphatic imine (C=N–C) groups is 1. The summed E-state index contributed by atoms with van der Waals surface area (Å²) in [5.41, 5.74) is 13.1. The van der Waals surface area contributed by atoms with E-state index in [0.717, 1.165) is 44.4 Å². The summed E-state index contributed by atoms with van der Waals surface area (Å²) >= 11 is 0. The molecule has 0 aromatic heterocycles. The molecule has 2 bridgehead atoms. The van der Waals surface area contributed by atoms with Crippen LogP contribution in [0.25, 0.3) is 0 Å². The number of guanidine groups is 1. The lowest BCUT2D eigenvalue weighted by atomic mass is 9.53. The third-order valence-electron chi connectivity index (χ3n) is 11.3. The van der Waals surface area contributed by atoms with Gasteiger partial charge in [-0.15, -0.1) is 0 Å². The molecule has 1 spiro atoms. The standard InChI is InChI=1S/C36H50N6O7/c1-21(43)17-25(44)18-23(7-6-14-39-34(37)38)33(45)40-20-24-8-4-5-15-42(24)35(46)48-29-12-10-26-27-19-22-9-11-28(47-3)31-30(22)36(26,32(29)49-31)13-16-41(27)2/h9,11-12,23-24,26-27,32H,4-8,10,13-20H2,1-3H3,(H,40,45)(H4,37,38,39)/t23-,24-,26?,27-,32+,36+/m1/s1. The number of rotatable bonds is 13. The third kappa shape index (κ3) is 6.73. The second-order valence-electron chi connectivity index (χ2n) is 14.3. The molecule has 2 saturated heterocycles. The van der Waals surface area contributed by atoms with Gasteiger partial charge in [0.25, 0.3) is 0 Å². The average Bonchev–Trinajstić information content (AvgIpc) is 3.42. The van der Waals surface area contributed by atoms with E-state index >= 15 is 0 Å². The Morgan fingerprint density at radius 2 is 2.00 bits per heavy atom. The van der Waals surface area contributed by atoms with Crippen molar-refractivity contribution in [3.8, 4) is 11.5 Å². The first-order valence-corrected chi connectivity index (χ1v) is 17.6. The Kier molecular flexibility index (Phi) is 10.2. The van der Waals surface area contributed by atoms with Crippen molar-refractivity contribution in [2.75, 3.05) is 40.3 Å². The number of ether oxygens (including phenoxy) is 3. The molecule has 49 heavy (non-hydrogen) atoms. The van der Waals surface area contributed by atoms with Gasteiger partial charge in [0.1, 0.15) is 17.3 Å². The molecule has 1 aromatic carbocycles. The minimum Gasteiger partial charge on any atom is -0.493 e. The number of amides is 2. The minimum atomic E-state index is -0.637. The molecule has 266 valence electrons. The Bertz CT molecular complexity index is 1540. The molecule has 6 atom stereocenters. The van der Waals surface area contributed by atoms with E-state index in [1.165, 1.54) is 18.1 Å². The number of likely N-dealkylation sites (N-methyl/N-ethyl adjacent to an activating group) is 1. The van der Waals surface area contributed by atoms with Crippen molar-refractivity contribution >= 4 is 29.5 Å². The maximum Gasteiger partial charge on any atom is 0.415 e. The number of Topliss-reactive ketones (excluding diaryl/α,β-unsaturated/α-hetero) is 2. The van der Waals surface area contributed by atoms with Crippen molar-refractivity contribution in [3.05, 3.63) is 35.1 Å². The molecule has 1 unspecified atom stereocenters. The second-order valence-corrected chi connectivity index (χ2v) is 14.3. The van der Waals surface area contributed by atoms with Crippen molar-refractivity contribution in [2.45, 2.75) is 94.7 Å². The van der Waals surface area contributed by atoms with Crippen LogP contribution >= 0.6 is 0 Å². The van der Waals surface area contributed by atoms with Crippen molar-refractivity contribution < 1.29 is 33.4 Å². The van der Waals surface area contributed by atoms with E-state index < -0.39 is 18.1 Å². The van der Waals surface area contributed by atoms with Gasteiger partial charge in [0.2, 0.25) is 5.91 Å². The first-order chi connectivity index (χ1) is 23.5. The van der Waals surface area contributed by atoms with Gasteiger partial charge in [-0.3, -0.25) is 19.4 Å². The number of carbonyl (C=O) groups excluding carboxylic acids is 4. The summed E-state index contributed by atoms with van der Waals surface area (Å²) in [5.74, 6) is 0.872. The van der Waals surface area contributed by atoms with E-state index in [-0.39, 0.29) is 54.3 Å². The number of nitrogens with zero attached hydrogens (tertiary/aromatic N) is 3. The second kappa shape index (κ2) is 14.4. The zero-order valence-electron chi connectivity index (χ0n) is 28.9. The Morgan fingerprint density at radius 1 is 1.18 bits per heavy atom. The molecule has 0 saturated carbocycles. The zero-order chi connectivity index (χ0) is 34.9. The van der Waals surface area contributed by atoms with Crippen molar-refractivity contribution in [3.63, 3.8) is 0 Å². The van der Waals surface area contributed by atoms with Gasteiger partial charge in [0.05, 0.1) is 19.6 Å². The number of benzene rings is 1. The summed E-state index contributed by atoms with van der Waals surface area (Å²) in [6.45, 7) is 3.35. The van der Waals surface area contributed by atoms with Gasteiger partial charge >= 0.3 is 6.09 Å². The van der Waals surface area contributed by atoms with E-state index in [1.807, 2.05) is 12.1 Å². The Balaban J connectivity index is 1.15. The average molecular weight is 679 g/mol. The van der Waals surface area contributed by atoms with Crippen LogP contribution in [0.4, 0.5) is 4.79 Å². The van der Waals surface area contributed by atoms with Crippen LogP contribution in [-0.4, -0.2) is 97.9 Å². The van der Waals surface area contributed by atoms with E-state index in [1.54, 1.807) is 12.0 Å². The predicted molar refractivity (Wildman–Crippen MR) is 182 cm³/mol. The van der Waals surface area contributed by atoms with Crippen molar-refractivity contribution in [2.24, 2.45) is 28.3 Å². The van der Waals surface area contributed by atoms with Crippen molar-refractivity contribution in [1.82, 2.24) is 15.1 Å². The summed E-state index contributed by atoms with van der Waals surface area (Å²) in [6, 6.07) is 4.25. The van der Waals surface area contributed by atoms with Crippen LogP contribution in [0.1, 0.15) is 75.8 Å². The highest BCUT2D eigenvalue weighted by atomic mass is 16.6. The number of piperidine rings is 2. The maximum atomic E-state index is 14.0. The third-order valence-corrected chi connectivity index (χ3v) is 11.3. The van der Waals surface area contributed by atoms with Crippen LogP contribution in [0.5, 0.6) is 11.5 Å². The highest BCUT2D eigenvalue weighted by molar-refractivity contribution is 5.99. The van der Waals surface area contributed by atoms with Gasteiger partial charge in [-0.25, -0.2) is 4.79 Å². The topological polar surface area (TPSA) is 179 Å². The zero-order valence-corrected chi connectivity index (χ0v) is 28.9. The highest BCUT2D eigenvalue weighted by Gasteiger charge is 2.65. The van der Waals surface area contributed by atoms with Crippen LogP contribution in [0.3, 0.4) is 0 Å². The number of carbonyl (C=O) groups is 4. The summed E-state index contributed by atoms with van der Waals surface area (Å²) < 4.78 is 18.8. The SMILES string of the molecule is COc1ccc2c3c1O[C@H]1C(OC(=O)N4CCCC[C@@H]4CNC(=O)[C@H](CCCN=C(N)N)CC(=O)CC(C)=O)=CCC4[C@@H](C2)N(C)CC[C@@]341. The van der Waals surface area contributed by atoms with Gasteiger partial charge in [0.15, 0.2) is 23.6 Å². The Labute approximate surface area is 287 Å². The quantitative estimate of drug-likeness (QED) is 0.122. The summed E-state index contributed by atoms with van der Waals surface area (Å²) in [7, 11) is 3.86. The number of hydrogen-bond acceptors (Lipinski definition) is 9. The van der Waals surface area contributed by atoms with Crippen LogP contribution in [-0.2, 0) is 31.0 Å². The van der Waals surface area contributed by atoms with E-state index in [9.17, 15) is 19.2 Å².